The SMILES string of the molecule is Cc1ncsc1CCNCc1cnn(C)c1. The molecular weight excluding hydrogens is 220 g/mol. The molecule has 2 rings (SSSR count). The van der Waals surface area contributed by atoms with Crippen LogP contribution in [0.25, 0.3) is 0 Å². The number of hydrogen-bond donors (Lipinski definition) is 1. The van der Waals surface area contributed by atoms with Crippen molar-refractivity contribution in [3.05, 3.63) is 34.0 Å². The summed E-state index contributed by atoms with van der Waals surface area (Å²) < 4.78 is 1.82. The first-order chi connectivity index (χ1) is 7.75. The minimum Gasteiger partial charge on any atom is -0.312 e. The van der Waals surface area contributed by atoms with E-state index in [0.717, 1.165) is 25.2 Å². The van der Waals surface area contributed by atoms with E-state index in [0.29, 0.717) is 0 Å². The minimum absolute atomic E-state index is 0.881. The van der Waals surface area contributed by atoms with Gasteiger partial charge in [-0.25, -0.2) is 4.98 Å². The van der Waals surface area contributed by atoms with Gasteiger partial charge in [-0.1, -0.05) is 0 Å². The second-order valence-electron chi connectivity index (χ2n) is 3.81. The molecule has 0 amide bonds. The lowest BCUT2D eigenvalue weighted by atomic mass is 10.3. The zero-order valence-electron chi connectivity index (χ0n) is 9.60. The quantitative estimate of drug-likeness (QED) is 0.800. The van der Waals surface area contributed by atoms with Gasteiger partial charge in [0.05, 0.1) is 17.4 Å². The summed E-state index contributed by atoms with van der Waals surface area (Å²) in [4.78, 5) is 5.61. The van der Waals surface area contributed by atoms with Gasteiger partial charge in [0.2, 0.25) is 0 Å². The highest BCUT2D eigenvalue weighted by molar-refractivity contribution is 7.09. The van der Waals surface area contributed by atoms with Crippen LogP contribution in [0, 0.1) is 6.92 Å². The average molecular weight is 236 g/mol. The first-order valence-electron chi connectivity index (χ1n) is 5.33. The van der Waals surface area contributed by atoms with Gasteiger partial charge in [0.25, 0.3) is 0 Å². The van der Waals surface area contributed by atoms with Crippen LogP contribution in [0.1, 0.15) is 16.1 Å². The predicted molar refractivity (Wildman–Crippen MR) is 65.5 cm³/mol. The summed E-state index contributed by atoms with van der Waals surface area (Å²) in [6, 6.07) is 0. The summed E-state index contributed by atoms with van der Waals surface area (Å²) in [7, 11) is 1.93. The maximum absolute atomic E-state index is 4.23. The van der Waals surface area contributed by atoms with Crippen molar-refractivity contribution >= 4 is 11.3 Å². The standard InChI is InChI=1S/C11H16N4S/c1-9-11(16-8-13-9)3-4-12-5-10-6-14-15(2)7-10/h6-8,12H,3-5H2,1-2H3. The summed E-state index contributed by atoms with van der Waals surface area (Å²) in [5.74, 6) is 0. The Labute approximate surface area is 99.3 Å². The second-order valence-corrected chi connectivity index (χ2v) is 4.75. The van der Waals surface area contributed by atoms with Crippen molar-refractivity contribution in [2.24, 2.45) is 7.05 Å². The molecule has 0 spiro atoms. The molecule has 2 aromatic rings. The molecule has 0 aliphatic rings. The van der Waals surface area contributed by atoms with Gasteiger partial charge in [0.15, 0.2) is 0 Å². The van der Waals surface area contributed by atoms with Crippen molar-refractivity contribution in [1.29, 1.82) is 0 Å². The van der Waals surface area contributed by atoms with Gasteiger partial charge in [-0.3, -0.25) is 4.68 Å². The zero-order chi connectivity index (χ0) is 11.4. The summed E-state index contributed by atoms with van der Waals surface area (Å²) in [6.07, 6.45) is 4.98. The lowest BCUT2D eigenvalue weighted by Crippen LogP contribution is -2.16. The van der Waals surface area contributed by atoms with Crippen LogP contribution in [-0.4, -0.2) is 21.3 Å². The third-order valence-corrected chi connectivity index (χ3v) is 3.46. The fourth-order valence-corrected chi connectivity index (χ4v) is 2.35. The van der Waals surface area contributed by atoms with Gasteiger partial charge in [-0.05, 0) is 13.3 Å². The molecule has 2 heterocycles. The third-order valence-electron chi connectivity index (χ3n) is 2.46. The molecular formula is C11H16N4S. The van der Waals surface area contributed by atoms with E-state index in [9.17, 15) is 0 Å². The normalized spacial score (nSPS) is 10.9. The van der Waals surface area contributed by atoms with E-state index < -0.39 is 0 Å². The van der Waals surface area contributed by atoms with Crippen LogP contribution < -0.4 is 5.32 Å². The molecule has 0 aliphatic heterocycles. The summed E-state index contributed by atoms with van der Waals surface area (Å²) >= 11 is 1.73. The van der Waals surface area contributed by atoms with E-state index in [-0.39, 0.29) is 0 Å². The Balaban J connectivity index is 1.71. The molecule has 0 saturated carbocycles. The van der Waals surface area contributed by atoms with Crippen LogP contribution in [0.15, 0.2) is 17.9 Å². The highest BCUT2D eigenvalue weighted by atomic mass is 32.1. The lowest BCUT2D eigenvalue weighted by molar-refractivity contribution is 0.687. The van der Waals surface area contributed by atoms with Crippen LogP contribution >= 0.6 is 11.3 Å². The topological polar surface area (TPSA) is 42.7 Å². The summed E-state index contributed by atoms with van der Waals surface area (Å²) in [5.41, 5.74) is 4.29. The first-order valence-corrected chi connectivity index (χ1v) is 6.21. The Bertz CT molecular complexity index is 446. The van der Waals surface area contributed by atoms with Crippen molar-refractivity contribution in [2.75, 3.05) is 6.54 Å². The maximum Gasteiger partial charge on any atom is 0.0797 e. The predicted octanol–water partition coefficient (Wildman–Crippen LogP) is 1.52. The number of rotatable bonds is 5. The second kappa shape index (κ2) is 5.23. The highest BCUT2D eigenvalue weighted by Gasteiger charge is 2.00. The molecule has 0 radical (unpaired) electrons. The molecule has 4 nitrogen and oxygen atoms in total. The molecule has 0 bridgehead atoms. The van der Waals surface area contributed by atoms with Crippen LogP contribution in [0.5, 0.6) is 0 Å². The van der Waals surface area contributed by atoms with Crippen LogP contribution in [-0.2, 0) is 20.0 Å². The van der Waals surface area contributed by atoms with Crippen molar-refractivity contribution < 1.29 is 0 Å². The van der Waals surface area contributed by atoms with E-state index in [4.69, 9.17) is 0 Å². The molecule has 0 unspecified atom stereocenters. The molecule has 0 fully saturated rings. The van der Waals surface area contributed by atoms with E-state index >= 15 is 0 Å². The molecule has 0 atom stereocenters. The van der Waals surface area contributed by atoms with E-state index in [1.54, 1.807) is 11.3 Å². The minimum atomic E-state index is 0.881. The smallest absolute Gasteiger partial charge is 0.0797 e. The fraction of sp³-hybridized carbons (Fsp3) is 0.455. The Morgan fingerprint density at radius 1 is 1.50 bits per heavy atom. The molecule has 1 N–H and O–H groups in total. The highest BCUT2D eigenvalue weighted by Crippen LogP contribution is 2.11. The molecule has 5 heteroatoms. The van der Waals surface area contributed by atoms with E-state index in [1.807, 2.05) is 29.6 Å². The largest absolute Gasteiger partial charge is 0.312 e. The van der Waals surface area contributed by atoms with Crippen molar-refractivity contribution in [3.8, 4) is 0 Å². The number of hydrogen-bond acceptors (Lipinski definition) is 4. The average Bonchev–Trinajstić information content (AvgIpc) is 2.83. The molecule has 16 heavy (non-hydrogen) atoms. The lowest BCUT2D eigenvalue weighted by Gasteiger charge is -2.01. The van der Waals surface area contributed by atoms with Crippen molar-refractivity contribution in [1.82, 2.24) is 20.1 Å². The Morgan fingerprint density at radius 2 is 2.38 bits per heavy atom. The Hall–Kier alpha value is -1.20. The number of aromatic nitrogens is 3. The van der Waals surface area contributed by atoms with Gasteiger partial charge >= 0.3 is 0 Å². The van der Waals surface area contributed by atoms with E-state index in [1.165, 1.54) is 10.4 Å². The molecule has 0 aliphatic carbocycles. The maximum atomic E-state index is 4.23. The van der Waals surface area contributed by atoms with Crippen molar-refractivity contribution in [3.63, 3.8) is 0 Å². The fourth-order valence-electron chi connectivity index (χ4n) is 1.56. The summed E-state index contributed by atoms with van der Waals surface area (Å²) in [5, 5.41) is 7.53. The van der Waals surface area contributed by atoms with Crippen LogP contribution in [0.3, 0.4) is 0 Å². The molecule has 0 aromatic carbocycles. The van der Waals surface area contributed by atoms with Gasteiger partial charge in [0.1, 0.15) is 0 Å². The third kappa shape index (κ3) is 2.90. The van der Waals surface area contributed by atoms with Crippen molar-refractivity contribution in [2.45, 2.75) is 19.9 Å². The molecule has 2 aromatic heterocycles. The van der Waals surface area contributed by atoms with Gasteiger partial charge in [-0.2, -0.15) is 5.10 Å². The van der Waals surface area contributed by atoms with Gasteiger partial charge < -0.3 is 5.32 Å². The molecule has 0 saturated heterocycles. The van der Waals surface area contributed by atoms with E-state index in [2.05, 4.69) is 22.3 Å². The Morgan fingerprint density at radius 3 is 3.00 bits per heavy atom. The Kier molecular flexibility index (Phi) is 3.69. The summed E-state index contributed by atoms with van der Waals surface area (Å²) in [6.45, 7) is 3.93. The zero-order valence-corrected chi connectivity index (χ0v) is 10.4. The number of thiazole rings is 1. The molecule has 86 valence electrons. The number of nitrogens with one attached hydrogen (secondary N) is 1. The number of nitrogens with zero attached hydrogens (tertiary/aromatic N) is 3. The van der Waals surface area contributed by atoms with Gasteiger partial charge in [-0.15, -0.1) is 11.3 Å². The van der Waals surface area contributed by atoms with Crippen LogP contribution in [0.4, 0.5) is 0 Å². The van der Waals surface area contributed by atoms with Gasteiger partial charge in [0, 0.05) is 36.8 Å². The number of aryl methyl sites for hydroxylation is 2. The first kappa shape index (κ1) is 11.3. The van der Waals surface area contributed by atoms with Crippen LogP contribution in [0.2, 0.25) is 0 Å². The monoisotopic (exact) mass is 236 g/mol.